The summed E-state index contributed by atoms with van der Waals surface area (Å²) in [7, 11) is 1.85. The molecule has 1 aliphatic rings. The summed E-state index contributed by atoms with van der Waals surface area (Å²) in [6.07, 6.45) is 1.23. The molecule has 5 nitrogen and oxygen atoms in total. The molecule has 0 amide bonds. The van der Waals surface area contributed by atoms with Gasteiger partial charge in [0.1, 0.15) is 0 Å². The second-order valence-electron chi connectivity index (χ2n) is 7.74. The van der Waals surface area contributed by atoms with E-state index in [0.717, 1.165) is 38.7 Å². The van der Waals surface area contributed by atoms with Crippen molar-refractivity contribution in [3.63, 3.8) is 0 Å². The van der Waals surface area contributed by atoms with Crippen LogP contribution >= 0.6 is 24.0 Å². The van der Waals surface area contributed by atoms with Crippen molar-refractivity contribution in [1.82, 2.24) is 15.5 Å². The highest BCUT2D eigenvalue weighted by molar-refractivity contribution is 14.0. The van der Waals surface area contributed by atoms with E-state index in [4.69, 9.17) is 0 Å². The molecule has 1 fully saturated rings. The zero-order chi connectivity index (χ0) is 18.9. The Bertz CT molecular complexity index is 539. The molecule has 2 rings (SSSR count). The molecule has 1 aromatic carbocycles. The van der Waals surface area contributed by atoms with Gasteiger partial charge in [0.05, 0.1) is 0 Å². The number of nitrogens with one attached hydrogen (secondary N) is 2. The lowest BCUT2D eigenvalue weighted by molar-refractivity contribution is 0.178. The molecule has 1 heterocycles. The molecule has 0 aliphatic carbocycles. The highest BCUT2D eigenvalue weighted by atomic mass is 127. The zero-order valence-electron chi connectivity index (χ0n) is 17.6. The van der Waals surface area contributed by atoms with Gasteiger partial charge >= 0.3 is 0 Å². The first-order valence-corrected chi connectivity index (χ1v) is 10.0. The quantitative estimate of drug-likeness (QED) is 0.335. The van der Waals surface area contributed by atoms with Crippen molar-refractivity contribution < 1.29 is 0 Å². The van der Waals surface area contributed by atoms with Gasteiger partial charge in [-0.3, -0.25) is 9.89 Å². The lowest BCUT2D eigenvalue weighted by Gasteiger charge is -2.30. The van der Waals surface area contributed by atoms with Gasteiger partial charge in [-0.2, -0.15) is 0 Å². The fourth-order valence-corrected chi connectivity index (χ4v) is 3.75. The number of benzene rings is 1. The molecule has 1 aromatic rings. The maximum atomic E-state index is 4.38. The topological polar surface area (TPSA) is 42.9 Å². The maximum Gasteiger partial charge on any atom is 0.191 e. The third kappa shape index (κ3) is 7.86. The number of anilines is 1. The van der Waals surface area contributed by atoms with Gasteiger partial charge in [-0.05, 0) is 52.2 Å². The Labute approximate surface area is 183 Å². The van der Waals surface area contributed by atoms with E-state index in [1.54, 1.807) is 0 Å². The number of guanidine groups is 1. The Balaban J connectivity index is 0.00000364. The molecule has 0 bridgehead atoms. The van der Waals surface area contributed by atoms with Crippen LogP contribution in [-0.4, -0.2) is 62.7 Å². The summed E-state index contributed by atoms with van der Waals surface area (Å²) >= 11 is 0. The SMILES string of the molecule is CN=C(NCCN(C(C)C)C(C)C)NCC1CCN(c2ccccc2)C1.I. The molecule has 0 spiro atoms. The average Bonchev–Trinajstić information content (AvgIpc) is 3.10. The molecule has 0 radical (unpaired) electrons. The van der Waals surface area contributed by atoms with Gasteiger partial charge < -0.3 is 15.5 Å². The summed E-state index contributed by atoms with van der Waals surface area (Å²) in [5.74, 6) is 1.58. The van der Waals surface area contributed by atoms with E-state index >= 15 is 0 Å². The van der Waals surface area contributed by atoms with Crippen molar-refractivity contribution in [2.75, 3.05) is 44.7 Å². The second kappa shape index (κ2) is 12.4. The van der Waals surface area contributed by atoms with Crippen LogP contribution in [0.15, 0.2) is 35.3 Å². The number of halogens is 1. The molecular formula is C21H38IN5. The van der Waals surface area contributed by atoms with E-state index in [1.807, 2.05) is 7.05 Å². The standard InChI is InChI=1S/C21H37N5.HI/c1-17(2)26(18(3)4)14-12-23-21(22-5)24-15-19-11-13-25(16-19)20-9-7-6-8-10-20;/h6-10,17-19H,11-16H2,1-5H3,(H2,22,23,24);1H. The number of hydrogen-bond donors (Lipinski definition) is 2. The third-order valence-electron chi connectivity index (χ3n) is 5.18. The smallest absolute Gasteiger partial charge is 0.191 e. The van der Waals surface area contributed by atoms with Crippen LogP contribution in [0, 0.1) is 5.92 Å². The molecule has 2 N–H and O–H groups in total. The molecule has 1 unspecified atom stereocenters. The third-order valence-corrected chi connectivity index (χ3v) is 5.18. The Hall–Kier alpha value is -1.02. The predicted molar refractivity (Wildman–Crippen MR) is 129 cm³/mol. The summed E-state index contributed by atoms with van der Waals surface area (Å²) < 4.78 is 0. The fraction of sp³-hybridized carbons (Fsp3) is 0.667. The number of para-hydroxylation sites is 1. The average molecular weight is 487 g/mol. The first-order chi connectivity index (χ1) is 12.5. The van der Waals surface area contributed by atoms with Gasteiger partial charge in [-0.25, -0.2) is 0 Å². The van der Waals surface area contributed by atoms with Gasteiger partial charge in [-0.1, -0.05) is 18.2 Å². The normalized spacial score (nSPS) is 17.6. The maximum absolute atomic E-state index is 4.38. The van der Waals surface area contributed by atoms with Crippen LogP contribution in [0.5, 0.6) is 0 Å². The van der Waals surface area contributed by atoms with Crippen LogP contribution < -0.4 is 15.5 Å². The second-order valence-corrected chi connectivity index (χ2v) is 7.74. The van der Waals surface area contributed by atoms with Crippen molar-refractivity contribution >= 4 is 35.6 Å². The van der Waals surface area contributed by atoms with E-state index in [-0.39, 0.29) is 24.0 Å². The molecule has 1 saturated heterocycles. The molecular weight excluding hydrogens is 449 g/mol. The lowest BCUT2D eigenvalue weighted by atomic mass is 10.1. The first-order valence-electron chi connectivity index (χ1n) is 10.0. The van der Waals surface area contributed by atoms with Crippen LogP contribution in [0.25, 0.3) is 0 Å². The van der Waals surface area contributed by atoms with Crippen LogP contribution in [-0.2, 0) is 0 Å². The minimum absolute atomic E-state index is 0. The molecule has 1 aliphatic heterocycles. The number of hydrogen-bond acceptors (Lipinski definition) is 3. The van der Waals surface area contributed by atoms with Gasteiger partial charge in [0.25, 0.3) is 0 Å². The minimum Gasteiger partial charge on any atom is -0.371 e. The summed E-state index contributed by atoms with van der Waals surface area (Å²) in [6, 6.07) is 11.8. The molecule has 6 heteroatoms. The highest BCUT2D eigenvalue weighted by Crippen LogP contribution is 2.22. The van der Waals surface area contributed by atoms with Crippen LogP contribution in [0.4, 0.5) is 5.69 Å². The Morgan fingerprint density at radius 3 is 2.41 bits per heavy atom. The first kappa shape index (κ1) is 24.0. The summed E-state index contributed by atoms with van der Waals surface area (Å²) in [5.41, 5.74) is 1.33. The highest BCUT2D eigenvalue weighted by Gasteiger charge is 2.22. The molecule has 0 saturated carbocycles. The molecule has 27 heavy (non-hydrogen) atoms. The van der Waals surface area contributed by atoms with Crippen molar-refractivity contribution in [3.05, 3.63) is 30.3 Å². The minimum atomic E-state index is 0. The van der Waals surface area contributed by atoms with Crippen molar-refractivity contribution in [2.45, 2.75) is 46.2 Å². The monoisotopic (exact) mass is 487 g/mol. The van der Waals surface area contributed by atoms with Crippen molar-refractivity contribution in [3.8, 4) is 0 Å². The van der Waals surface area contributed by atoms with E-state index in [0.29, 0.717) is 18.0 Å². The van der Waals surface area contributed by atoms with Gasteiger partial charge in [0.15, 0.2) is 5.96 Å². The Kier molecular flexibility index (Phi) is 11.1. The van der Waals surface area contributed by atoms with E-state index in [9.17, 15) is 0 Å². The molecule has 1 atom stereocenters. The van der Waals surface area contributed by atoms with Crippen LogP contribution in [0.1, 0.15) is 34.1 Å². The van der Waals surface area contributed by atoms with E-state index < -0.39 is 0 Å². The summed E-state index contributed by atoms with van der Waals surface area (Å²) in [6.45, 7) is 14.2. The van der Waals surface area contributed by atoms with Crippen LogP contribution in [0.2, 0.25) is 0 Å². The van der Waals surface area contributed by atoms with Crippen LogP contribution in [0.3, 0.4) is 0 Å². The lowest BCUT2D eigenvalue weighted by Crippen LogP contribution is -2.46. The molecule has 154 valence electrons. The molecule has 0 aromatic heterocycles. The predicted octanol–water partition coefficient (Wildman–Crippen LogP) is 3.41. The van der Waals surface area contributed by atoms with Gasteiger partial charge in [0, 0.05) is 57.5 Å². The number of aliphatic imine (C=N–C) groups is 1. The van der Waals surface area contributed by atoms with E-state index in [2.05, 4.69) is 83.5 Å². The van der Waals surface area contributed by atoms with Gasteiger partial charge in [-0.15, -0.1) is 24.0 Å². The Morgan fingerprint density at radius 2 is 1.81 bits per heavy atom. The van der Waals surface area contributed by atoms with Crippen molar-refractivity contribution in [2.24, 2.45) is 10.9 Å². The van der Waals surface area contributed by atoms with E-state index in [1.165, 1.54) is 12.1 Å². The number of rotatable bonds is 8. The number of nitrogens with zero attached hydrogens (tertiary/aromatic N) is 3. The Morgan fingerprint density at radius 1 is 1.15 bits per heavy atom. The summed E-state index contributed by atoms with van der Waals surface area (Å²) in [4.78, 5) is 9.35. The van der Waals surface area contributed by atoms with Gasteiger partial charge in [0.2, 0.25) is 0 Å². The largest absolute Gasteiger partial charge is 0.371 e. The fourth-order valence-electron chi connectivity index (χ4n) is 3.75. The zero-order valence-corrected chi connectivity index (χ0v) is 19.9. The van der Waals surface area contributed by atoms with Crippen molar-refractivity contribution in [1.29, 1.82) is 0 Å². The summed E-state index contributed by atoms with van der Waals surface area (Å²) in [5, 5.41) is 6.97.